The molecule has 0 aromatic heterocycles. The number of anilines is 1. The number of carbonyl (C=O) groups excluding carboxylic acids is 1. The van der Waals surface area contributed by atoms with Crippen LogP contribution in [0.25, 0.3) is 0 Å². The number of nitrogens with zero attached hydrogens (tertiary/aromatic N) is 1. The summed E-state index contributed by atoms with van der Waals surface area (Å²) in [5.41, 5.74) is 1.99. The van der Waals surface area contributed by atoms with Gasteiger partial charge < -0.3 is 10.1 Å². The van der Waals surface area contributed by atoms with E-state index in [0.717, 1.165) is 24.8 Å². The van der Waals surface area contributed by atoms with Gasteiger partial charge in [-0.3, -0.25) is 9.10 Å². The average molecular weight is 431 g/mol. The van der Waals surface area contributed by atoms with Crippen LogP contribution in [0.15, 0.2) is 53.4 Å². The zero-order valence-corrected chi connectivity index (χ0v) is 18.5. The first-order valence-corrected chi connectivity index (χ1v) is 11.9. The van der Waals surface area contributed by atoms with Crippen LogP contribution in [0.1, 0.15) is 48.0 Å². The summed E-state index contributed by atoms with van der Waals surface area (Å²) in [7, 11) is -2.14. The fourth-order valence-corrected chi connectivity index (χ4v) is 4.71. The van der Waals surface area contributed by atoms with Crippen LogP contribution in [0.4, 0.5) is 5.69 Å². The Bertz CT molecular complexity index is 934. The Morgan fingerprint density at radius 2 is 1.70 bits per heavy atom. The first-order chi connectivity index (χ1) is 14.4. The Labute approximate surface area is 179 Å². The molecule has 1 amide bonds. The van der Waals surface area contributed by atoms with E-state index < -0.39 is 10.0 Å². The van der Waals surface area contributed by atoms with Gasteiger partial charge in [0.1, 0.15) is 0 Å². The van der Waals surface area contributed by atoms with Gasteiger partial charge in [-0.2, -0.15) is 0 Å². The minimum Gasteiger partial charge on any atom is -0.378 e. The van der Waals surface area contributed by atoms with Gasteiger partial charge in [-0.25, -0.2) is 8.42 Å². The zero-order valence-electron chi connectivity index (χ0n) is 17.6. The molecule has 1 fully saturated rings. The van der Waals surface area contributed by atoms with Gasteiger partial charge in [-0.05, 0) is 62.6 Å². The van der Waals surface area contributed by atoms with E-state index in [1.165, 1.54) is 24.2 Å². The number of aryl methyl sites for hydroxylation is 1. The lowest BCUT2D eigenvalue weighted by Gasteiger charge is -2.20. The molecule has 0 atom stereocenters. The number of carbonyl (C=O) groups is 1. The molecule has 0 radical (unpaired) electrons. The lowest BCUT2D eigenvalue weighted by atomic mass is 10.2. The Balaban J connectivity index is 1.51. The van der Waals surface area contributed by atoms with Gasteiger partial charge in [0, 0.05) is 25.8 Å². The quantitative estimate of drug-likeness (QED) is 0.612. The molecule has 1 aliphatic rings. The third-order valence-electron chi connectivity index (χ3n) is 5.43. The summed E-state index contributed by atoms with van der Waals surface area (Å²) >= 11 is 0. The molecule has 1 aliphatic carbocycles. The van der Waals surface area contributed by atoms with E-state index in [2.05, 4.69) is 5.32 Å². The van der Waals surface area contributed by atoms with Gasteiger partial charge in [-0.1, -0.05) is 30.5 Å². The second-order valence-corrected chi connectivity index (χ2v) is 9.69. The minimum atomic E-state index is -3.65. The van der Waals surface area contributed by atoms with Crippen molar-refractivity contribution in [3.8, 4) is 0 Å². The molecule has 0 saturated heterocycles. The van der Waals surface area contributed by atoms with E-state index >= 15 is 0 Å². The van der Waals surface area contributed by atoms with Crippen LogP contribution in [0.3, 0.4) is 0 Å². The SMILES string of the molecule is Cc1ccc(S(=O)(=O)N(C)c2ccc(C(=O)NCCCOC3CCCC3)cc2)cc1. The summed E-state index contributed by atoms with van der Waals surface area (Å²) < 4.78 is 32.6. The number of amides is 1. The van der Waals surface area contributed by atoms with Gasteiger partial charge in [0.05, 0.1) is 16.7 Å². The highest BCUT2D eigenvalue weighted by atomic mass is 32.2. The maximum absolute atomic E-state index is 12.8. The van der Waals surface area contributed by atoms with E-state index in [1.807, 2.05) is 6.92 Å². The molecule has 30 heavy (non-hydrogen) atoms. The van der Waals surface area contributed by atoms with Crippen molar-refractivity contribution < 1.29 is 17.9 Å². The van der Waals surface area contributed by atoms with E-state index in [1.54, 1.807) is 48.5 Å². The summed E-state index contributed by atoms with van der Waals surface area (Å²) in [5, 5.41) is 2.88. The molecule has 0 unspecified atom stereocenters. The van der Waals surface area contributed by atoms with Crippen LogP contribution in [0.2, 0.25) is 0 Å². The van der Waals surface area contributed by atoms with Gasteiger partial charge in [0.2, 0.25) is 0 Å². The fourth-order valence-electron chi connectivity index (χ4n) is 3.51. The monoisotopic (exact) mass is 430 g/mol. The highest BCUT2D eigenvalue weighted by molar-refractivity contribution is 7.92. The number of rotatable bonds is 9. The molecule has 1 saturated carbocycles. The zero-order chi connectivity index (χ0) is 21.6. The number of nitrogens with one attached hydrogen (secondary N) is 1. The Morgan fingerprint density at radius 3 is 2.33 bits per heavy atom. The highest BCUT2D eigenvalue weighted by Crippen LogP contribution is 2.23. The van der Waals surface area contributed by atoms with Crippen LogP contribution in [0.5, 0.6) is 0 Å². The van der Waals surface area contributed by atoms with Crippen molar-refractivity contribution in [1.82, 2.24) is 5.32 Å². The molecule has 3 rings (SSSR count). The third-order valence-corrected chi connectivity index (χ3v) is 7.23. The Morgan fingerprint density at radius 1 is 1.07 bits per heavy atom. The summed E-state index contributed by atoms with van der Waals surface area (Å²) in [5.74, 6) is -0.175. The highest BCUT2D eigenvalue weighted by Gasteiger charge is 2.21. The fraction of sp³-hybridized carbons (Fsp3) is 0.435. The van der Waals surface area contributed by atoms with Crippen molar-refractivity contribution in [2.45, 2.75) is 50.0 Å². The van der Waals surface area contributed by atoms with E-state index in [9.17, 15) is 13.2 Å². The molecule has 0 bridgehead atoms. The average Bonchev–Trinajstić information content (AvgIpc) is 3.27. The van der Waals surface area contributed by atoms with Crippen molar-refractivity contribution in [2.24, 2.45) is 0 Å². The lowest BCUT2D eigenvalue weighted by molar-refractivity contribution is 0.0565. The van der Waals surface area contributed by atoms with Gasteiger partial charge >= 0.3 is 0 Å². The summed E-state index contributed by atoms with van der Waals surface area (Å²) in [6.45, 7) is 3.12. The summed E-state index contributed by atoms with van der Waals surface area (Å²) in [6, 6.07) is 13.3. The predicted molar refractivity (Wildman–Crippen MR) is 118 cm³/mol. The van der Waals surface area contributed by atoms with Gasteiger partial charge in [-0.15, -0.1) is 0 Å². The van der Waals surface area contributed by atoms with Crippen LogP contribution in [-0.4, -0.2) is 40.6 Å². The van der Waals surface area contributed by atoms with Crippen molar-refractivity contribution in [3.05, 3.63) is 59.7 Å². The molecule has 6 nitrogen and oxygen atoms in total. The molecule has 162 valence electrons. The number of benzene rings is 2. The summed E-state index contributed by atoms with van der Waals surface area (Å²) in [4.78, 5) is 12.5. The smallest absolute Gasteiger partial charge is 0.264 e. The molecule has 0 spiro atoms. The lowest BCUT2D eigenvalue weighted by Crippen LogP contribution is -2.27. The van der Waals surface area contributed by atoms with E-state index in [4.69, 9.17) is 4.74 Å². The molecular weight excluding hydrogens is 400 g/mol. The van der Waals surface area contributed by atoms with Crippen molar-refractivity contribution in [1.29, 1.82) is 0 Å². The second-order valence-electron chi connectivity index (χ2n) is 7.72. The molecular formula is C23H30N2O4S. The van der Waals surface area contributed by atoms with Gasteiger partial charge in [0.25, 0.3) is 15.9 Å². The van der Waals surface area contributed by atoms with Crippen LogP contribution in [-0.2, 0) is 14.8 Å². The molecule has 2 aromatic rings. The standard InChI is InChI=1S/C23H30N2O4S/c1-18-8-14-22(15-9-18)30(27,28)25(2)20-12-10-19(11-13-20)23(26)24-16-5-17-29-21-6-3-4-7-21/h8-15,21H,3-7,16-17H2,1-2H3,(H,24,26). The van der Waals surface area contributed by atoms with Crippen LogP contribution < -0.4 is 9.62 Å². The van der Waals surface area contributed by atoms with Crippen molar-refractivity contribution in [3.63, 3.8) is 0 Å². The van der Waals surface area contributed by atoms with E-state index in [0.29, 0.717) is 30.5 Å². The van der Waals surface area contributed by atoms with E-state index in [-0.39, 0.29) is 10.8 Å². The summed E-state index contributed by atoms with van der Waals surface area (Å²) in [6.07, 6.45) is 5.95. The first kappa shape index (κ1) is 22.3. The maximum atomic E-state index is 12.8. The normalized spacial score (nSPS) is 14.6. The number of ether oxygens (including phenoxy) is 1. The molecule has 0 heterocycles. The first-order valence-electron chi connectivity index (χ1n) is 10.4. The largest absolute Gasteiger partial charge is 0.378 e. The van der Waals surface area contributed by atoms with Crippen molar-refractivity contribution >= 4 is 21.6 Å². The molecule has 7 heteroatoms. The van der Waals surface area contributed by atoms with Crippen molar-refractivity contribution in [2.75, 3.05) is 24.5 Å². The van der Waals surface area contributed by atoms with Crippen LogP contribution in [0, 0.1) is 6.92 Å². The topological polar surface area (TPSA) is 75.7 Å². The number of hydrogen-bond acceptors (Lipinski definition) is 4. The Kier molecular flexibility index (Phi) is 7.50. The second kappa shape index (κ2) is 10.1. The molecule has 2 aromatic carbocycles. The number of hydrogen-bond donors (Lipinski definition) is 1. The number of sulfonamides is 1. The predicted octanol–water partition coefficient (Wildman–Crippen LogP) is 3.90. The van der Waals surface area contributed by atoms with Gasteiger partial charge in [0.15, 0.2) is 0 Å². The van der Waals surface area contributed by atoms with Crippen LogP contribution >= 0.6 is 0 Å². The third kappa shape index (κ3) is 5.61. The maximum Gasteiger partial charge on any atom is 0.264 e. The molecule has 0 aliphatic heterocycles. The minimum absolute atomic E-state index is 0.175. The Hall–Kier alpha value is -2.38. The molecule has 1 N–H and O–H groups in total.